The lowest BCUT2D eigenvalue weighted by Gasteiger charge is -2.32. The zero-order chi connectivity index (χ0) is 25.7. The van der Waals surface area contributed by atoms with E-state index in [-0.39, 0.29) is 18.2 Å². The Morgan fingerprint density at radius 2 is 1.89 bits per heavy atom. The van der Waals surface area contributed by atoms with Gasteiger partial charge in [0.2, 0.25) is 11.8 Å². The van der Waals surface area contributed by atoms with Gasteiger partial charge in [0, 0.05) is 18.1 Å². The number of anilines is 2. The molecule has 9 nitrogen and oxygen atoms in total. The van der Waals surface area contributed by atoms with Crippen molar-refractivity contribution >= 4 is 29.0 Å². The fourth-order valence-electron chi connectivity index (χ4n) is 3.79. The number of aromatic nitrogens is 1. The molecule has 1 aliphatic rings. The van der Waals surface area contributed by atoms with Gasteiger partial charge in [-0.05, 0) is 49.7 Å². The summed E-state index contributed by atoms with van der Waals surface area (Å²) in [6, 6.07) is 15.4. The molecule has 0 spiro atoms. The van der Waals surface area contributed by atoms with E-state index < -0.39 is 12.0 Å². The smallest absolute Gasteiger partial charge is 0.268 e. The largest absolute Gasteiger partial charge is 0.493 e. The number of carbonyl (C=O) groups excluding carboxylic acids is 3. The van der Waals surface area contributed by atoms with Gasteiger partial charge in [-0.15, -0.1) is 0 Å². The number of ether oxygens (including phenoxy) is 3. The summed E-state index contributed by atoms with van der Waals surface area (Å²) in [4.78, 5) is 43.6. The van der Waals surface area contributed by atoms with Crippen LogP contribution in [0.2, 0.25) is 0 Å². The number of methoxy groups -OCH3 is 1. The number of rotatable bonds is 9. The molecule has 0 fully saturated rings. The summed E-state index contributed by atoms with van der Waals surface area (Å²) in [7, 11) is 1.55. The van der Waals surface area contributed by atoms with Gasteiger partial charge in [-0.1, -0.05) is 19.1 Å². The third kappa shape index (κ3) is 5.46. The van der Waals surface area contributed by atoms with E-state index in [0.717, 1.165) is 0 Å². The zero-order valence-corrected chi connectivity index (χ0v) is 20.3. The summed E-state index contributed by atoms with van der Waals surface area (Å²) < 4.78 is 16.7. The molecule has 2 heterocycles. The van der Waals surface area contributed by atoms with Crippen molar-refractivity contribution in [2.24, 2.45) is 0 Å². The van der Waals surface area contributed by atoms with Crippen LogP contribution in [0.15, 0.2) is 60.8 Å². The molecule has 1 unspecified atom stereocenters. The Labute approximate surface area is 209 Å². The van der Waals surface area contributed by atoms with Crippen molar-refractivity contribution in [2.45, 2.75) is 32.8 Å². The zero-order valence-electron chi connectivity index (χ0n) is 20.3. The molecule has 9 heteroatoms. The van der Waals surface area contributed by atoms with Gasteiger partial charge in [0.05, 0.1) is 24.7 Å². The first-order valence-electron chi connectivity index (χ1n) is 11.6. The second-order valence-electron chi connectivity index (χ2n) is 8.23. The monoisotopic (exact) mass is 489 g/mol. The lowest BCUT2D eigenvalue weighted by Crippen LogP contribution is -2.47. The maximum absolute atomic E-state index is 12.9. The van der Waals surface area contributed by atoms with E-state index in [0.29, 0.717) is 52.9 Å². The van der Waals surface area contributed by atoms with Crippen LogP contribution in [-0.4, -0.2) is 42.3 Å². The molecule has 3 aromatic rings. The van der Waals surface area contributed by atoms with Crippen LogP contribution >= 0.6 is 0 Å². The highest BCUT2D eigenvalue weighted by Crippen LogP contribution is 2.35. The number of Topliss-reactive ketones (excluding diaryl/α,β-unsaturated/α-hetero) is 1. The number of nitrogens with zero attached hydrogens (tertiary/aromatic N) is 2. The summed E-state index contributed by atoms with van der Waals surface area (Å²) in [6.07, 6.45) is 1.82. The Balaban J connectivity index is 1.46. The Hall–Kier alpha value is -4.40. The molecule has 2 amide bonds. The molecule has 2 aromatic carbocycles. The third-order valence-corrected chi connectivity index (χ3v) is 5.57. The summed E-state index contributed by atoms with van der Waals surface area (Å²) >= 11 is 0. The summed E-state index contributed by atoms with van der Waals surface area (Å²) in [6.45, 7) is 3.30. The van der Waals surface area contributed by atoms with Crippen LogP contribution in [0.3, 0.4) is 0 Å². The number of amides is 2. The Morgan fingerprint density at radius 1 is 1.11 bits per heavy atom. The molecule has 1 atom stereocenters. The van der Waals surface area contributed by atoms with E-state index in [4.69, 9.17) is 14.2 Å². The van der Waals surface area contributed by atoms with E-state index in [1.165, 1.54) is 11.1 Å². The first-order valence-corrected chi connectivity index (χ1v) is 11.6. The van der Waals surface area contributed by atoms with Gasteiger partial charge < -0.3 is 19.5 Å². The van der Waals surface area contributed by atoms with Crippen LogP contribution in [-0.2, 0) is 9.59 Å². The highest BCUT2D eigenvalue weighted by atomic mass is 16.5. The quantitative estimate of drug-likeness (QED) is 0.437. The normalized spacial score (nSPS) is 14.5. The number of benzene rings is 2. The number of fused-ring (bicyclic) bond motifs is 1. The van der Waals surface area contributed by atoms with Crippen LogP contribution in [0.5, 0.6) is 23.1 Å². The first kappa shape index (κ1) is 24.7. The highest BCUT2D eigenvalue weighted by Gasteiger charge is 2.33. The average molecular weight is 490 g/mol. The molecule has 4 rings (SSSR count). The maximum Gasteiger partial charge on any atom is 0.268 e. The minimum absolute atomic E-state index is 0.0303. The maximum atomic E-state index is 12.9. The minimum atomic E-state index is -0.754. The molecule has 0 bridgehead atoms. The van der Waals surface area contributed by atoms with Crippen LogP contribution in [0.25, 0.3) is 0 Å². The molecule has 0 aliphatic carbocycles. The number of hydrogen-bond acceptors (Lipinski definition) is 7. The molecular formula is C27H27N3O6. The van der Waals surface area contributed by atoms with Crippen LogP contribution in [0.4, 0.5) is 11.4 Å². The van der Waals surface area contributed by atoms with Gasteiger partial charge in [0.15, 0.2) is 23.4 Å². The predicted octanol–water partition coefficient (Wildman–Crippen LogP) is 4.62. The molecule has 1 N–H and O–H groups in total. The van der Waals surface area contributed by atoms with Crippen LogP contribution in [0.1, 0.15) is 37.0 Å². The number of hydrogen-bond donors (Lipinski definition) is 1. The van der Waals surface area contributed by atoms with E-state index in [1.54, 1.807) is 56.5 Å². The second kappa shape index (κ2) is 10.9. The number of pyridine rings is 1. The minimum Gasteiger partial charge on any atom is -0.493 e. The fraction of sp³-hybridized carbons (Fsp3) is 0.259. The van der Waals surface area contributed by atoms with Gasteiger partial charge in [-0.2, -0.15) is 0 Å². The van der Waals surface area contributed by atoms with E-state index >= 15 is 0 Å². The fourth-order valence-corrected chi connectivity index (χ4v) is 3.79. The summed E-state index contributed by atoms with van der Waals surface area (Å²) in [5.41, 5.74) is 1.31. The van der Waals surface area contributed by atoms with E-state index in [9.17, 15) is 14.4 Å². The number of carbonyl (C=O) groups is 3. The Morgan fingerprint density at radius 3 is 2.58 bits per heavy atom. The number of nitrogens with one attached hydrogen (secondary N) is 1. The third-order valence-electron chi connectivity index (χ3n) is 5.57. The molecule has 1 aliphatic heterocycles. The van der Waals surface area contributed by atoms with Crippen molar-refractivity contribution in [1.82, 2.24) is 4.98 Å². The standard InChI is InChI=1S/C27H27N3O6/c1-4-7-21(31)18-10-12-22-20(14-18)30(27(33)17(2)35-22)16-25(32)29-19-11-13-26(28-15-19)36-24-9-6-5-8-23(24)34-3/h5-6,8-15,17H,4,7,16H2,1-3H3,(H,29,32). The summed E-state index contributed by atoms with van der Waals surface area (Å²) in [5.74, 6) is 1.04. The van der Waals surface area contributed by atoms with Gasteiger partial charge in [-0.25, -0.2) is 4.98 Å². The van der Waals surface area contributed by atoms with Crippen molar-refractivity contribution in [3.05, 3.63) is 66.4 Å². The molecule has 0 radical (unpaired) electrons. The second-order valence-corrected chi connectivity index (χ2v) is 8.23. The van der Waals surface area contributed by atoms with E-state index in [1.807, 2.05) is 19.1 Å². The summed E-state index contributed by atoms with van der Waals surface area (Å²) in [5, 5.41) is 2.74. The van der Waals surface area contributed by atoms with Gasteiger partial charge in [0.1, 0.15) is 12.3 Å². The van der Waals surface area contributed by atoms with Crippen molar-refractivity contribution in [3.8, 4) is 23.1 Å². The van der Waals surface area contributed by atoms with Gasteiger partial charge >= 0.3 is 0 Å². The van der Waals surface area contributed by atoms with Crippen molar-refractivity contribution < 1.29 is 28.6 Å². The topological polar surface area (TPSA) is 107 Å². The van der Waals surface area contributed by atoms with Crippen LogP contribution < -0.4 is 24.4 Å². The Kier molecular flexibility index (Phi) is 7.48. The molecule has 36 heavy (non-hydrogen) atoms. The van der Waals surface area contributed by atoms with Crippen LogP contribution in [0, 0.1) is 0 Å². The van der Waals surface area contributed by atoms with Gasteiger partial charge in [-0.3, -0.25) is 19.3 Å². The average Bonchev–Trinajstić information content (AvgIpc) is 2.88. The molecular weight excluding hydrogens is 462 g/mol. The molecule has 1 aromatic heterocycles. The van der Waals surface area contributed by atoms with Crippen molar-refractivity contribution in [3.63, 3.8) is 0 Å². The predicted molar refractivity (Wildman–Crippen MR) is 134 cm³/mol. The van der Waals surface area contributed by atoms with Gasteiger partial charge in [0.25, 0.3) is 5.91 Å². The number of para-hydroxylation sites is 2. The van der Waals surface area contributed by atoms with E-state index in [2.05, 4.69) is 10.3 Å². The molecule has 186 valence electrons. The molecule has 0 saturated heterocycles. The van der Waals surface area contributed by atoms with Crippen molar-refractivity contribution in [1.29, 1.82) is 0 Å². The Bertz CT molecular complexity index is 1270. The first-order chi connectivity index (χ1) is 17.4. The van der Waals surface area contributed by atoms with Crippen molar-refractivity contribution in [2.75, 3.05) is 23.9 Å². The lowest BCUT2D eigenvalue weighted by molar-refractivity contribution is -0.127. The molecule has 0 saturated carbocycles. The SMILES string of the molecule is CCCC(=O)c1ccc2c(c1)N(CC(=O)Nc1ccc(Oc3ccccc3OC)nc1)C(=O)C(C)O2. The lowest BCUT2D eigenvalue weighted by atomic mass is 10.0. The highest BCUT2D eigenvalue weighted by molar-refractivity contribution is 6.07. The number of ketones is 1.